The number of hydrogen-bond donors (Lipinski definition) is 1. The number of carbonyl (C=O) groups is 5. The van der Waals surface area contributed by atoms with Gasteiger partial charge in [0.15, 0.2) is 6.61 Å². The number of carbonyl (C=O) groups excluding carboxylic acids is 5. The van der Waals surface area contributed by atoms with Crippen LogP contribution in [0.3, 0.4) is 0 Å². The summed E-state index contributed by atoms with van der Waals surface area (Å²) < 4.78 is 13.2. The Balaban J connectivity index is 1.64. The van der Waals surface area contributed by atoms with Crippen molar-refractivity contribution in [2.24, 2.45) is 0 Å². The van der Waals surface area contributed by atoms with E-state index in [9.17, 15) is 24.0 Å². The average Bonchev–Trinajstić information content (AvgIpc) is 2.88. The van der Waals surface area contributed by atoms with Crippen LogP contribution in [0, 0.1) is 0 Å². The number of ether oxygens (including phenoxy) is 3. The number of thioether (sulfide) groups is 1. The fourth-order valence-corrected chi connectivity index (χ4v) is 4.08. The van der Waals surface area contributed by atoms with Crippen LogP contribution in [-0.4, -0.2) is 62.3 Å². The van der Waals surface area contributed by atoms with Gasteiger partial charge in [-0.25, -0.2) is 9.59 Å². The lowest BCUT2D eigenvalue weighted by Gasteiger charge is -2.43. The van der Waals surface area contributed by atoms with Crippen LogP contribution in [0.4, 0.5) is 4.79 Å². The highest BCUT2D eigenvalue weighted by Crippen LogP contribution is 2.33. The summed E-state index contributed by atoms with van der Waals surface area (Å²) in [6, 6.07) is 15.6. The second kappa shape index (κ2) is 13.0. The number of halogens is 3. The Morgan fingerprint density at radius 3 is 2.19 bits per heavy atom. The van der Waals surface area contributed by atoms with Crippen LogP contribution in [0.15, 0.2) is 60.7 Å². The minimum atomic E-state index is -1.90. The van der Waals surface area contributed by atoms with Crippen LogP contribution in [0.2, 0.25) is 0 Å². The SMILES string of the molecule is O=C(COc1ccccc1)NC1C(=O)N(C(=O)C(=O)OCc2ccccc2)C1SC(=O)OCC(Cl)(Cl)Cl. The van der Waals surface area contributed by atoms with Gasteiger partial charge in [0, 0.05) is 0 Å². The Kier molecular flexibility index (Phi) is 10.0. The Labute approximate surface area is 230 Å². The lowest BCUT2D eigenvalue weighted by atomic mass is 10.1. The van der Waals surface area contributed by atoms with Crippen molar-refractivity contribution < 1.29 is 38.2 Å². The molecule has 0 saturated carbocycles. The van der Waals surface area contributed by atoms with Gasteiger partial charge in [-0.05, 0) is 29.5 Å². The predicted octanol–water partition coefficient (Wildman–Crippen LogP) is 3.23. The third kappa shape index (κ3) is 8.53. The van der Waals surface area contributed by atoms with Gasteiger partial charge in [0.25, 0.3) is 11.8 Å². The lowest BCUT2D eigenvalue weighted by Crippen LogP contribution is -2.72. The highest BCUT2D eigenvalue weighted by Gasteiger charge is 2.55. The molecule has 2 aromatic carbocycles. The standard InChI is InChI=1S/C23H19Cl3N2O8S/c24-23(25,26)13-36-22(33)37-20-17(27-16(29)12-34-15-9-5-2-6-10-15)18(30)28(20)19(31)21(32)35-11-14-7-3-1-4-8-14/h1-10,17,20H,11-13H2,(H,27,29). The molecule has 2 atom stereocenters. The summed E-state index contributed by atoms with van der Waals surface area (Å²) in [5, 5.41) is 0.0387. The molecule has 3 amide bonds. The van der Waals surface area contributed by atoms with Crippen molar-refractivity contribution in [3.8, 4) is 5.75 Å². The molecular formula is C23H19Cl3N2O8S. The normalized spacial score (nSPS) is 16.8. The maximum Gasteiger partial charge on any atom is 0.397 e. The first kappa shape index (κ1) is 28.6. The molecule has 0 bridgehead atoms. The van der Waals surface area contributed by atoms with E-state index in [1.165, 1.54) is 0 Å². The summed E-state index contributed by atoms with van der Waals surface area (Å²) in [6.45, 7) is -1.28. The van der Waals surface area contributed by atoms with Gasteiger partial charge in [0.05, 0.1) is 0 Å². The molecular weight excluding hydrogens is 571 g/mol. The van der Waals surface area contributed by atoms with E-state index >= 15 is 0 Å². The molecule has 1 N–H and O–H groups in total. The zero-order valence-electron chi connectivity index (χ0n) is 18.8. The van der Waals surface area contributed by atoms with Crippen molar-refractivity contribution >= 4 is 75.6 Å². The minimum absolute atomic E-state index is 0.215. The van der Waals surface area contributed by atoms with Crippen LogP contribution in [0.25, 0.3) is 0 Å². The van der Waals surface area contributed by atoms with Crippen LogP contribution in [-0.2, 0) is 35.3 Å². The van der Waals surface area contributed by atoms with Gasteiger partial charge in [-0.1, -0.05) is 83.3 Å². The number of likely N-dealkylation sites (tertiary alicyclic amines) is 1. The van der Waals surface area contributed by atoms with Crippen LogP contribution >= 0.6 is 46.6 Å². The van der Waals surface area contributed by atoms with Crippen molar-refractivity contribution in [2.45, 2.75) is 21.8 Å². The van der Waals surface area contributed by atoms with Gasteiger partial charge < -0.3 is 19.5 Å². The zero-order valence-corrected chi connectivity index (χ0v) is 21.9. The number of β-lactam (4-membered cyclic amide) rings is 1. The molecule has 0 spiro atoms. The predicted molar refractivity (Wildman–Crippen MR) is 135 cm³/mol. The highest BCUT2D eigenvalue weighted by atomic mass is 35.6. The molecule has 14 heteroatoms. The number of imide groups is 1. The van der Waals surface area contributed by atoms with E-state index in [0.29, 0.717) is 28.0 Å². The summed E-state index contributed by atoms with van der Waals surface area (Å²) in [4.78, 5) is 62.8. The Morgan fingerprint density at radius 2 is 1.57 bits per heavy atom. The second-order valence-electron chi connectivity index (χ2n) is 7.38. The molecule has 3 rings (SSSR count). The molecule has 2 unspecified atom stereocenters. The van der Waals surface area contributed by atoms with Gasteiger partial charge in [-0.15, -0.1) is 0 Å². The van der Waals surface area contributed by atoms with Crippen molar-refractivity contribution in [1.82, 2.24) is 10.2 Å². The van der Waals surface area contributed by atoms with Crippen molar-refractivity contribution in [3.63, 3.8) is 0 Å². The van der Waals surface area contributed by atoms with Crippen LogP contribution < -0.4 is 10.1 Å². The van der Waals surface area contributed by atoms with E-state index in [1.54, 1.807) is 60.7 Å². The number of para-hydroxylation sites is 1. The highest BCUT2D eigenvalue weighted by molar-refractivity contribution is 8.13. The summed E-state index contributed by atoms with van der Waals surface area (Å²) in [6.07, 6.45) is 0. The molecule has 0 aliphatic carbocycles. The quantitative estimate of drug-likeness (QED) is 0.214. The molecule has 1 fully saturated rings. The van der Waals surface area contributed by atoms with E-state index in [1.807, 2.05) is 0 Å². The van der Waals surface area contributed by atoms with E-state index < -0.39 is 57.4 Å². The summed E-state index contributed by atoms with van der Waals surface area (Å²) in [5.41, 5.74) is 0.614. The molecule has 1 aliphatic rings. The number of nitrogens with zero attached hydrogens (tertiary/aromatic N) is 1. The molecule has 10 nitrogen and oxygen atoms in total. The van der Waals surface area contributed by atoms with Gasteiger partial charge in [-0.3, -0.25) is 19.3 Å². The largest absolute Gasteiger partial charge is 0.484 e. The number of esters is 1. The van der Waals surface area contributed by atoms with E-state index in [0.717, 1.165) is 0 Å². The number of rotatable bonds is 8. The first-order valence-electron chi connectivity index (χ1n) is 10.5. The summed E-state index contributed by atoms with van der Waals surface area (Å²) >= 11 is 17.0. The zero-order chi connectivity index (χ0) is 27.0. The van der Waals surface area contributed by atoms with Gasteiger partial charge in [0.2, 0.25) is 3.79 Å². The molecule has 0 aromatic heterocycles. The third-order valence-electron chi connectivity index (χ3n) is 4.65. The first-order chi connectivity index (χ1) is 17.5. The molecule has 1 saturated heterocycles. The van der Waals surface area contributed by atoms with Crippen LogP contribution in [0.1, 0.15) is 5.56 Å². The number of hydrogen-bond acceptors (Lipinski definition) is 9. The maximum absolute atomic E-state index is 12.7. The second-order valence-corrected chi connectivity index (χ2v) is 11.0. The fourth-order valence-electron chi connectivity index (χ4n) is 2.97. The molecule has 0 radical (unpaired) electrons. The monoisotopic (exact) mass is 588 g/mol. The molecule has 2 aromatic rings. The molecule has 1 aliphatic heterocycles. The number of benzene rings is 2. The van der Waals surface area contributed by atoms with Crippen molar-refractivity contribution in [3.05, 3.63) is 66.2 Å². The molecule has 1 heterocycles. The number of nitrogens with one attached hydrogen (secondary N) is 1. The first-order valence-corrected chi connectivity index (χ1v) is 12.5. The van der Waals surface area contributed by atoms with Gasteiger partial charge in [0.1, 0.15) is 30.4 Å². The van der Waals surface area contributed by atoms with Crippen LogP contribution in [0.5, 0.6) is 5.75 Å². The van der Waals surface area contributed by atoms with Gasteiger partial charge in [-0.2, -0.15) is 0 Å². The van der Waals surface area contributed by atoms with E-state index in [4.69, 9.17) is 49.0 Å². The maximum atomic E-state index is 12.7. The minimum Gasteiger partial charge on any atom is -0.484 e. The molecule has 37 heavy (non-hydrogen) atoms. The summed E-state index contributed by atoms with van der Waals surface area (Å²) in [7, 11) is 0. The fraction of sp³-hybridized carbons (Fsp3) is 0.261. The topological polar surface area (TPSA) is 128 Å². The van der Waals surface area contributed by atoms with Gasteiger partial charge >= 0.3 is 17.2 Å². The average molecular weight is 590 g/mol. The Morgan fingerprint density at radius 1 is 0.946 bits per heavy atom. The molecule has 196 valence electrons. The van der Waals surface area contributed by atoms with E-state index in [2.05, 4.69) is 5.32 Å². The van der Waals surface area contributed by atoms with E-state index in [-0.39, 0.29) is 6.61 Å². The third-order valence-corrected chi connectivity index (χ3v) is 6.01. The smallest absolute Gasteiger partial charge is 0.397 e. The summed E-state index contributed by atoms with van der Waals surface area (Å²) in [5.74, 6) is -3.87. The van der Waals surface area contributed by atoms with Crippen molar-refractivity contribution in [2.75, 3.05) is 13.2 Å². The number of amides is 3. The lowest BCUT2D eigenvalue weighted by molar-refractivity contribution is -0.171. The Hall–Kier alpha value is -2.99. The number of alkyl halides is 3. The van der Waals surface area contributed by atoms with Crippen molar-refractivity contribution in [1.29, 1.82) is 0 Å². The Bertz CT molecular complexity index is 1150.